The summed E-state index contributed by atoms with van der Waals surface area (Å²) in [5.41, 5.74) is 0. The van der Waals surface area contributed by atoms with Crippen molar-refractivity contribution >= 4 is 10.0 Å². The molecule has 1 fully saturated rings. The van der Waals surface area contributed by atoms with Crippen molar-refractivity contribution in [1.29, 1.82) is 0 Å². The molecule has 66 valence electrons. The van der Waals surface area contributed by atoms with E-state index < -0.39 is 21.4 Å². The Balaban J connectivity index is 2.70. The van der Waals surface area contributed by atoms with Gasteiger partial charge in [0.15, 0.2) is 0 Å². The molecule has 0 aromatic carbocycles. The van der Waals surface area contributed by atoms with Gasteiger partial charge in [0.1, 0.15) is 5.25 Å². The molecule has 2 unspecified atom stereocenters. The van der Waals surface area contributed by atoms with Gasteiger partial charge in [-0.25, -0.2) is 13.6 Å². The van der Waals surface area contributed by atoms with Crippen LogP contribution in [-0.4, -0.2) is 24.9 Å². The van der Waals surface area contributed by atoms with E-state index >= 15 is 0 Å². The third kappa shape index (κ3) is 2.15. The molecular weight excluding hydrogens is 166 g/mol. The maximum absolute atomic E-state index is 10.8. The maximum Gasteiger partial charge on any atom is 0.214 e. The fourth-order valence-electron chi connectivity index (χ4n) is 1.46. The third-order valence-electron chi connectivity index (χ3n) is 2.09. The summed E-state index contributed by atoms with van der Waals surface area (Å²) >= 11 is 0. The molecule has 5 heteroatoms. The van der Waals surface area contributed by atoms with Gasteiger partial charge in [-0.05, 0) is 12.8 Å². The number of nitrogens with two attached hydrogens (primary N) is 1. The molecule has 0 aromatic rings. The van der Waals surface area contributed by atoms with Gasteiger partial charge in [0.05, 0.1) is 6.10 Å². The van der Waals surface area contributed by atoms with E-state index in [1.165, 1.54) is 0 Å². The van der Waals surface area contributed by atoms with Crippen LogP contribution in [0.1, 0.15) is 25.7 Å². The molecule has 0 heterocycles. The average Bonchev–Trinajstić information content (AvgIpc) is 1.86. The van der Waals surface area contributed by atoms with E-state index in [2.05, 4.69) is 0 Å². The van der Waals surface area contributed by atoms with E-state index in [0.717, 1.165) is 12.8 Å². The molecule has 1 rings (SSSR count). The Hall–Kier alpha value is -0.130. The van der Waals surface area contributed by atoms with Crippen LogP contribution in [0.3, 0.4) is 0 Å². The summed E-state index contributed by atoms with van der Waals surface area (Å²) in [4.78, 5) is 0. The molecule has 0 aromatic heterocycles. The Kier molecular flexibility index (Phi) is 2.51. The van der Waals surface area contributed by atoms with Crippen molar-refractivity contribution < 1.29 is 13.5 Å². The standard InChI is InChI=1S/C6H13NO3S/c7-11(9,10)6-4-2-1-3-5(6)8/h5-6,8H,1-4H2,(H2,7,9,10). The van der Waals surface area contributed by atoms with Crippen molar-refractivity contribution in [2.75, 3.05) is 0 Å². The predicted octanol–water partition coefficient (Wildman–Crippen LogP) is -0.422. The zero-order valence-corrected chi connectivity index (χ0v) is 7.05. The molecule has 2 atom stereocenters. The third-order valence-corrected chi connectivity index (χ3v) is 3.48. The minimum atomic E-state index is -3.53. The summed E-state index contributed by atoms with van der Waals surface area (Å²) < 4.78 is 21.6. The molecule has 4 nitrogen and oxygen atoms in total. The lowest BCUT2D eigenvalue weighted by atomic mass is 9.97. The minimum Gasteiger partial charge on any atom is -0.392 e. The van der Waals surface area contributed by atoms with Crippen molar-refractivity contribution in [2.24, 2.45) is 5.14 Å². The smallest absolute Gasteiger partial charge is 0.214 e. The number of primary sulfonamides is 1. The number of rotatable bonds is 1. The molecule has 0 aliphatic heterocycles. The Morgan fingerprint density at radius 2 is 1.82 bits per heavy atom. The SMILES string of the molecule is NS(=O)(=O)C1CCCCC1O. The highest BCUT2D eigenvalue weighted by atomic mass is 32.2. The highest BCUT2D eigenvalue weighted by Gasteiger charge is 2.31. The first kappa shape index (κ1) is 8.96. The number of aliphatic hydroxyl groups excluding tert-OH is 1. The summed E-state index contributed by atoms with van der Waals surface area (Å²) in [5.74, 6) is 0. The van der Waals surface area contributed by atoms with Crippen LogP contribution in [-0.2, 0) is 10.0 Å². The lowest BCUT2D eigenvalue weighted by Gasteiger charge is -2.25. The topological polar surface area (TPSA) is 80.4 Å². The first-order valence-corrected chi connectivity index (χ1v) is 5.32. The van der Waals surface area contributed by atoms with Gasteiger partial charge in [-0.15, -0.1) is 0 Å². The molecular formula is C6H13NO3S. The zero-order valence-electron chi connectivity index (χ0n) is 6.23. The summed E-state index contributed by atoms with van der Waals surface area (Å²) in [6.07, 6.45) is 2.05. The predicted molar refractivity (Wildman–Crippen MR) is 41.4 cm³/mol. The molecule has 1 aliphatic carbocycles. The van der Waals surface area contributed by atoms with E-state index in [0.29, 0.717) is 12.8 Å². The van der Waals surface area contributed by atoms with E-state index in [9.17, 15) is 13.5 Å². The van der Waals surface area contributed by atoms with Gasteiger partial charge in [-0.2, -0.15) is 0 Å². The number of hydrogen-bond acceptors (Lipinski definition) is 3. The fraction of sp³-hybridized carbons (Fsp3) is 1.00. The fourth-order valence-corrected chi connectivity index (χ4v) is 2.53. The lowest BCUT2D eigenvalue weighted by molar-refractivity contribution is 0.133. The molecule has 1 saturated carbocycles. The van der Waals surface area contributed by atoms with Crippen LogP contribution in [0.2, 0.25) is 0 Å². The van der Waals surface area contributed by atoms with Crippen molar-refractivity contribution in [3.05, 3.63) is 0 Å². The Morgan fingerprint density at radius 1 is 1.27 bits per heavy atom. The summed E-state index contributed by atoms with van der Waals surface area (Å²) in [6, 6.07) is 0. The van der Waals surface area contributed by atoms with Crippen LogP contribution < -0.4 is 5.14 Å². The highest BCUT2D eigenvalue weighted by Crippen LogP contribution is 2.22. The summed E-state index contributed by atoms with van der Waals surface area (Å²) in [6.45, 7) is 0. The van der Waals surface area contributed by atoms with E-state index in [1.807, 2.05) is 0 Å². The van der Waals surface area contributed by atoms with Crippen LogP contribution >= 0.6 is 0 Å². The second-order valence-electron chi connectivity index (χ2n) is 2.98. The second kappa shape index (κ2) is 3.08. The van der Waals surface area contributed by atoms with Gasteiger partial charge in [0, 0.05) is 0 Å². The summed E-state index contributed by atoms with van der Waals surface area (Å²) in [5, 5.41) is 13.4. The van der Waals surface area contributed by atoms with Crippen LogP contribution in [0.25, 0.3) is 0 Å². The molecule has 1 aliphatic rings. The molecule has 0 radical (unpaired) electrons. The first-order valence-electron chi connectivity index (χ1n) is 3.71. The van der Waals surface area contributed by atoms with Gasteiger partial charge in [0.25, 0.3) is 0 Å². The van der Waals surface area contributed by atoms with Gasteiger partial charge in [0.2, 0.25) is 10.0 Å². The average molecular weight is 179 g/mol. The largest absolute Gasteiger partial charge is 0.392 e. The van der Waals surface area contributed by atoms with Gasteiger partial charge < -0.3 is 5.11 Å². The van der Waals surface area contributed by atoms with Gasteiger partial charge in [-0.3, -0.25) is 0 Å². The molecule has 0 spiro atoms. The van der Waals surface area contributed by atoms with Crippen LogP contribution in [0.5, 0.6) is 0 Å². The summed E-state index contributed by atoms with van der Waals surface area (Å²) in [7, 11) is -3.53. The van der Waals surface area contributed by atoms with Crippen LogP contribution in [0.15, 0.2) is 0 Å². The minimum absolute atomic E-state index is 0.500. The molecule has 3 N–H and O–H groups in total. The van der Waals surface area contributed by atoms with Gasteiger partial charge in [-0.1, -0.05) is 12.8 Å². The van der Waals surface area contributed by atoms with E-state index in [4.69, 9.17) is 5.14 Å². The van der Waals surface area contributed by atoms with Crippen molar-refractivity contribution in [3.63, 3.8) is 0 Å². The van der Waals surface area contributed by atoms with Crippen molar-refractivity contribution in [1.82, 2.24) is 0 Å². The number of aliphatic hydroxyl groups is 1. The molecule has 0 amide bonds. The van der Waals surface area contributed by atoms with E-state index in [1.54, 1.807) is 0 Å². The Morgan fingerprint density at radius 3 is 2.18 bits per heavy atom. The van der Waals surface area contributed by atoms with Crippen molar-refractivity contribution in [3.8, 4) is 0 Å². The molecule has 0 saturated heterocycles. The lowest BCUT2D eigenvalue weighted by Crippen LogP contribution is -2.40. The van der Waals surface area contributed by atoms with Crippen LogP contribution in [0, 0.1) is 0 Å². The highest BCUT2D eigenvalue weighted by molar-refractivity contribution is 7.89. The van der Waals surface area contributed by atoms with Crippen LogP contribution in [0.4, 0.5) is 0 Å². The monoisotopic (exact) mass is 179 g/mol. The Labute approximate surface area is 66.5 Å². The molecule has 0 bridgehead atoms. The second-order valence-corrected chi connectivity index (χ2v) is 4.76. The zero-order chi connectivity index (χ0) is 8.48. The maximum atomic E-state index is 10.8. The van der Waals surface area contributed by atoms with Gasteiger partial charge >= 0.3 is 0 Å². The number of sulfonamides is 1. The van der Waals surface area contributed by atoms with E-state index in [-0.39, 0.29) is 0 Å². The van der Waals surface area contributed by atoms with Crippen molar-refractivity contribution in [2.45, 2.75) is 37.0 Å². The molecule has 11 heavy (non-hydrogen) atoms. The normalized spacial score (nSPS) is 33.6. The number of hydrogen-bond donors (Lipinski definition) is 2. The Bertz CT molecular complexity index is 224. The quantitative estimate of drug-likeness (QED) is 0.573. The first-order chi connectivity index (χ1) is 5.02.